The van der Waals surface area contributed by atoms with Crippen LogP contribution in [0.15, 0.2) is 23.8 Å². The van der Waals surface area contributed by atoms with Gasteiger partial charge in [-0.25, -0.2) is 9.18 Å². The SMILES string of the molecule is COC(=O)[C@@]1(OC(C)=O)[C@@H](C)C[C@H]2[C@@H]3C[C@H](F)C4=CC(=O)C=C[C@]4(C)[C@@]34O[C@H]4C[C@@]21C. The van der Waals surface area contributed by atoms with Crippen molar-refractivity contribution >= 4 is 17.7 Å². The molecule has 0 aromatic rings. The summed E-state index contributed by atoms with van der Waals surface area (Å²) in [7, 11) is 1.30. The van der Waals surface area contributed by atoms with Crippen LogP contribution in [-0.2, 0) is 28.6 Å². The Morgan fingerprint density at radius 1 is 1.23 bits per heavy atom. The van der Waals surface area contributed by atoms with Gasteiger partial charge >= 0.3 is 11.9 Å². The van der Waals surface area contributed by atoms with Crippen LogP contribution in [0.1, 0.15) is 47.0 Å². The summed E-state index contributed by atoms with van der Waals surface area (Å²) in [6.07, 6.45) is 4.59. The lowest BCUT2D eigenvalue weighted by Crippen LogP contribution is -2.64. The summed E-state index contributed by atoms with van der Waals surface area (Å²) >= 11 is 0. The van der Waals surface area contributed by atoms with Crippen molar-refractivity contribution < 1.29 is 33.0 Å². The molecule has 0 N–H and O–H groups in total. The van der Waals surface area contributed by atoms with Gasteiger partial charge in [-0.3, -0.25) is 9.59 Å². The number of carbonyl (C=O) groups is 3. The van der Waals surface area contributed by atoms with Crippen LogP contribution < -0.4 is 0 Å². The first-order valence-corrected chi connectivity index (χ1v) is 11.0. The minimum atomic E-state index is -1.43. The number of carbonyl (C=O) groups excluding carboxylic acids is 3. The lowest BCUT2D eigenvalue weighted by molar-refractivity contribution is -0.205. The number of halogens is 1. The second kappa shape index (κ2) is 6.06. The van der Waals surface area contributed by atoms with Crippen molar-refractivity contribution in [2.75, 3.05) is 7.11 Å². The summed E-state index contributed by atoms with van der Waals surface area (Å²) in [5.74, 6) is -1.84. The number of ketones is 1. The third kappa shape index (κ3) is 2.18. The third-order valence-electron chi connectivity index (χ3n) is 9.25. The fourth-order valence-corrected chi connectivity index (χ4v) is 8.03. The largest absolute Gasteiger partial charge is 0.466 e. The number of fused-ring (bicyclic) bond motifs is 3. The summed E-state index contributed by atoms with van der Waals surface area (Å²) in [6, 6.07) is 0. The van der Waals surface area contributed by atoms with Crippen molar-refractivity contribution in [3.63, 3.8) is 0 Å². The lowest BCUT2D eigenvalue weighted by atomic mass is 9.46. The van der Waals surface area contributed by atoms with Crippen molar-refractivity contribution in [3.8, 4) is 0 Å². The van der Waals surface area contributed by atoms with Crippen molar-refractivity contribution in [1.82, 2.24) is 0 Å². The number of ether oxygens (including phenoxy) is 3. The molecule has 1 heterocycles. The van der Waals surface area contributed by atoms with E-state index >= 15 is 4.39 Å². The van der Waals surface area contributed by atoms with Gasteiger partial charge < -0.3 is 14.2 Å². The van der Waals surface area contributed by atoms with Crippen LogP contribution in [0.4, 0.5) is 4.39 Å². The van der Waals surface area contributed by atoms with Crippen LogP contribution in [0.25, 0.3) is 0 Å². The fourth-order valence-electron chi connectivity index (χ4n) is 8.03. The van der Waals surface area contributed by atoms with Gasteiger partial charge in [0.1, 0.15) is 11.8 Å². The average Bonchev–Trinajstić information content (AvgIpc) is 3.38. The van der Waals surface area contributed by atoms with E-state index in [0.717, 1.165) is 0 Å². The number of rotatable bonds is 2. The number of esters is 2. The minimum Gasteiger partial charge on any atom is -0.466 e. The highest BCUT2D eigenvalue weighted by molar-refractivity contribution is 6.01. The number of alkyl halides is 1. The first kappa shape index (κ1) is 20.9. The van der Waals surface area contributed by atoms with E-state index in [0.29, 0.717) is 18.4 Å². The number of hydrogen-bond donors (Lipinski definition) is 0. The molecule has 168 valence electrons. The van der Waals surface area contributed by atoms with Crippen LogP contribution in [0, 0.1) is 28.6 Å². The van der Waals surface area contributed by atoms with E-state index in [9.17, 15) is 14.4 Å². The van der Waals surface area contributed by atoms with Gasteiger partial charge in [0.15, 0.2) is 5.78 Å². The van der Waals surface area contributed by atoms with E-state index in [1.807, 2.05) is 26.8 Å². The van der Waals surface area contributed by atoms with Gasteiger partial charge in [-0.15, -0.1) is 0 Å². The molecule has 0 aromatic heterocycles. The Kier molecular flexibility index (Phi) is 4.08. The van der Waals surface area contributed by atoms with E-state index in [-0.39, 0.29) is 36.1 Å². The van der Waals surface area contributed by atoms with Gasteiger partial charge in [-0.2, -0.15) is 0 Å². The van der Waals surface area contributed by atoms with Gasteiger partial charge in [0.05, 0.1) is 13.2 Å². The maximum atomic E-state index is 15.5. The maximum absolute atomic E-state index is 15.5. The molecule has 1 aliphatic heterocycles. The second-order valence-corrected chi connectivity index (χ2v) is 10.4. The molecule has 1 spiro atoms. The van der Waals surface area contributed by atoms with Gasteiger partial charge in [-0.1, -0.05) is 19.9 Å². The summed E-state index contributed by atoms with van der Waals surface area (Å²) in [4.78, 5) is 37.2. The smallest absolute Gasteiger partial charge is 0.351 e. The number of epoxide rings is 1. The van der Waals surface area contributed by atoms with E-state index in [2.05, 4.69) is 0 Å². The number of allylic oxidation sites excluding steroid dienone is 2. The Labute approximate surface area is 181 Å². The molecule has 4 aliphatic carbocycles. The maximum Gasteiger partial charge on any atom is 0.351 e. The summed E-state index contributed by atoms with van der Waals surface area (Å²) in [5, 5.41) is 0. The molecule has 0 bridgehead atoms. The Balaban J connectivity index is 1.64. The highest BCUT2D eigenvalue weighted by Gasteiger charge is 2.84. The molecule has 3 saturated carbocycles. The molecular formula is C24H29FO6. The van der Waals surface area contributed by atoms with Gasteiger partial charge in [-0.05, 0) is 55.7 Å². The Hall–Kier alpha value is -2.02. The molecule has 1 saturated heterocycles. The van der Waals surface area contributed by atoms with Crippen molar-refractivity contribution in [1.29, 1.82) is 0 Å². The Morgan fingerprint density at radius 2 is 1.94 bits per heavy atom. The zero-order valence-electron chi connectivity index (χ0n) is 18.6. The summed E-state index contributed by atoms with van der Waals surface area (Å²) in [6.45, 7) is 7.13. The molecule has 7 heteroatoms. The van der Waals surface area contributed by atoms with E-state index < -0.39 is 40.1 Å². The first-order chi connectivity index (χ1) is 14.5. The van der Waals surface area contributed by atoms with Crippen LogP contribution in [-0.4, -0.2) is 48.3 Å². The van der Waals surface area contributed by atoms with Gasteiger partial charge in [0, 0.05) is 23.7 Å². The minimum absolute atomic E-state index is 0.0950. The monoisotopic (exact) mass is 432 g/mol. The van der Waals surface area contributed by atoms with Crippen molar-refractivity contribution in [2.24, 2.45) is 28.6 Å². The Morgan fingerprint density at radius 3 is 2.58 bits per heavy atom. The standard InChI is InChI=1S/C24H29FO6/c1-12-8-15-16-10-18(25)17-9-14(27)6-7-21(17,3)24(16)19(31-24)11-22(15,4)23(12,20(28)29-5)30-13(2)26/h6-7,9,12,15-16,18-19H,8,10-11H2,1-5H3/t12-,15-,16-,18-,19-,21-,22-,23-,24+/m0/s1. The molecule has 31 heavy (non-hydrogen) atoms. The van der Waals surface area contributed by atoms with Crippen LogP contribution in [0.3, 0.4) is 0 Å². The van der Waals surface area contributed by atoms with Crippen molar-refractivity contribution in [2.45, 2.75) is 70.4 Å². The third-order valence-corrected chi connectivity index (χ3v) is 9.25. The van der Waals surface area contributed by atoms with Gasteiger partial charge in [0.2, 0.25) is 5.60 Å². The summed E-state index contributed by atoms with van der Waals surface area (Å²) in [5.41, 5.74) is -3.00. The van der Waals surface area contributed by atoms with E-state index in [1.54, 1.807) is 0 Å². The quantitative estimate of drug-likeness (QED) is 0.493. The molecular weight excluding hydrogens is 403 g/mol. The molecule has 0 radical (unpaired) electrons. The van der Waals surface area contributed by atoms with Crippen LogP contribution in [0.5, 0.6) is 0 Å². The Bertz CT molecular complexity index is 956. The molecule has 0 amide bonds. The zero-order valence-corrected chi connectivity index (χ0v) is 18.6. The zero-order chi connectivity index (χ0) is 22.6. The average molecular weight is 432 g/mol. The molecule has 0 aromatic carbocycles. The molecule has 5 rings (SSSR count). The molecule has 0 unspecified atom stereocenters. The molecule has 9 atom stereocenters. The molecule has 5 aliphatic rings. The van der Waals surface area contributed by atoms with Crippen molar-refractivity contribution in [3.05, 3.63) is 23.8 Å². The molecule has 6 nitrogen and oxygen atoms in total. The fraction of sp³-hybridized carbons (Fsp3) is 0.708. The van der Waals surface area contributed by atoms with Crippen LogP contribution >= 0.6 is 0 Å². The van der Waals surface area contributed by atoms with Crippen LogP contribution in [0.2, 0.25) is 0 Å². The normalized spacial score (nSPS) is 51.6. The highest BCUT2D eigenvalue weighted by Crippen LogP contribution is 2.77. The van der Waals surface area contributed by atoms with E-state index in [4.69, 9.17) is 14.2 Å². The topological polar surface area (TPSA) is 82.2 Å². The number of methoxy groups -OCH3 is 1. The van der Waals surface area contributed by atoms with Gasteiger partial charge in [0.25, 0.3) is 0 Å². The summed E-state index contributed by atoms with van der Waals surface area (Å²) < 4.78 is 32.9. The first-order valence-electron chi connectivity index (χ1n) is 11.0. The predicted molar refractivity (Wildman–Crippen MR) is 107 cm³/mol. The number of hydrogen-bond acceptors (Lipinski definition) is 6. The highest BCUT2D eigenvalue weighted by atomic mass is 19.1. The lowest BCUT2D eigenvalue weighted by Gasteiger charge is -2.56. The predicted octanol–water partition coefficient (Wildman–Crippen LogP) is 3.09. The molecule has 4 fully saturated rings. The second-order valence-electron chi connectivity index (χ2n) is 10.4. The van der Waals surface area contributed by atoms with E-state index in [1.165, 1.54) is 26.2 Å².